The number of amides is 1. The largest absolute Gasteiger partial charge is 0.453 e. The van der Waals surface area contributed by atoms with Gasteiger partial charge in [-0.25, -0.2) is 4.79 Å². The topological polar surface area (TPSA) is 50.8 Å². The molecule has 0 spiro atoms. The van der Waals surface area contributed by atoms with Gasteiger partial charge in [-0.3, -0.25) is 0 Å². The van der Waals surface area contributed by atoms with Crippen molar-refractivity contribution in [1.29, 1.82) is 0 Å². The van der Waals surface area contributed by atoms with Gasteiger partial charge in [-0.15, -0.1) is 0 Å². The lowest BCUT2D eigenvalue weighted by Crippen LogP contribution is -2.46. The zero-order chi connectivity index (χ0) is 14.4. The minimum atomic E-state index is -0.193. The Morgan fingerprint density at radius 1 is 1.45 bits per heavy atom. The second kappa shape index (κ2) is 7.84. The number of piperidine rings is 1. The summed E-state index contributed by atoms with van der Waals surface area (Å²) in [5, 5.41) is 3.60. The van der Waals surface area contributed by atoms with Gasteiger partial charge in [0.1, 0.15) is 0 Å². The van der Waals surface area contributed by atoms with E-state index in [1.165, 1.54) is 26.4 Å². The second-order valence-electron chi connectivity index (χ2n) is 5.98. The average molecular weight is 284 g/mol. The van der Waals surface area contributed by atoms with Gasteiger partial charge in [-0.2, -0.15) is 0 Å². The third-order valence-corrected chi connectivity index (χ3v) is 4.55. The molecule has 5 nitrogen and oxygen atoms in total. The van der Waals surface area contributed by atoms with Crippen LogP contribution < -0.4 is 5.32 Å². The molecule has 0 aromatic carbocycles. The molecular formula is C15H28N2O3. The van der Waals surface area contributed by atoms with Gasteiger partial charge in [-0.1, -0.05) is 0 Å². The fourth-order valence-corrected chi connectivity index (χ4v) is 3.22. The molecule has 0 bridgehead atoms. The number of hydrogen-bond donors (Lipinski definition) is 1. The minimum Gasteiger partial charge on any atom is -0.453 e. The molecule has 0 saturated carbocycles. The molecule has 3 atom stereocenters. The lowest BCUT2D eigenvalue weighted by atomic mass is 9.91. The van der Waals surface area contributed by atoms with Crippen LogP contribution in [-0.4, -0.2) is 56.5 Å². The third kappa shape index (κ3) is 4.35. The summed E-state index contributed by atoms with van der Waals surface area (Å²) in [6, 6.07) is 0.434. The maximum Gasteiger partial charge on any atom is 0.409 e. The molecule has 2 rings (SSSR count). The molecule has 2 aliphatic rings. The number of carbonyl (C=O) groups is 1. The fraction of sp³-hybridized carbons (Fsp3) is 0.933. The van der Waals surface area contributed by atoms with E-state index in [0.29, 0.717) is 18.1 Å². The summed E-state index contributed by atoms with van der Waals surface area (Å²) in [6.45, 7) is 5.78. The molecule has 5 heteroatoms. The van der Waals surface area contributed by atoms with Crippen LogP contribution in [0.3, 0.4) is 0 Å². The van der Waals surface area contributed by atoms with Crippen molar-refractivity contribution in [2.45, 2.75) is 51.2 Å². The molecule has 2 fully saturated rings. The summed E-state index contributed by atoms with van der Waals surface area (Å²) < 4.78 is 10.5. The molecule has 0 radical (unpaired) electrons. The molecule has 2 heterocycles. The van der Waals surface area contributed by atoms with Gasteiger partial charge in [0.2, 0.25) is 0 Å². The summed E-state index contributed by atoms with van der Waals surface area (Å²) in [4.78, 5) is 13.4. The predicted molar refractivity (Wildman–Crippen MR) is 77.8 cm³/mol. The summed E-state index contributed by atoms with van der Waals surface area (Å²) in [7, 11) is 1.45. The highest BCUT2D eigenvalue weighted by Crippen LogP contribution is 2.21. The molecule has 0 unspecified atom stereocenters. The van der Waals surface area contributed by atoms with E-state index in [1.54, 1.807) is 0 Å². The van der Waals surface area contributed by atoms with Crippen LogP contribution >= 0.6 is 0 Å². The van der Waals surface area contributed by atoms with Gasteiger partial charge in [0.15, 0.2) is 0 Å². The maximum absolute atomic E-state index is 11.6. The van der Waals surface area contributed by atoms with Crippen LogP contribution in [0.2, 0.25) is 0 Å². The van der Waals surface area contributed by atoms with Crippen molar-refractivity contribution in [1.82, 2.24) is 10.2 Å². The first kappa shape index (κ1) is 15.6. The quantitative estimate of drug-likeness (QED) is 0.839. The minimum absolute atomic E-state index is 0.193. The Kier molecular flexibility index (Phi) is 6.10. The Bertz CT molecular complexity index is 305. The monoisotopic (exact) mass is 284 g/mol. The van der Waals surface area contributed by atoms with Crippen molar-refractivity contribution in [3.05, 3.63) is 0 Å². The predicted octanol–water partition coefficient (Wildman–Crippen LogP) is 2.01. The van der Waals surface area contributed by atoms with Gasteiger partial charge >= 0.3 is 6.09 Å². The molecule has 0 aromatic heterocycles. The zero-order valence-electron chi connectivity index (χ0n) is 12.8. The van der Waals surface area contributed by atoms with Crippen LogP contribution in [-0.2, 0) is 9.47 Å². The van der Waals surface area contributed by atoms with Crippen LogP contribution in [0, 0.1) is 5.92 Å². The standard InChI is InChI=1S/C15H28N2O3/c1-12(16-8-7-14-6-4-10-20-14)13-5-3-9-17(11-13)15(18)19-2/h12-14,16H,3-11H2,1-2H3/t12-,13+,14-/m1/s1. The summed E-state index contributed by atoms with van der Waals surface area (Å²) in [5.74, 6) is 0.521. The molecule has 116 valence electrons. The SMILES string of the molecule is COC(=O)N1CCC[C@H]([C@@H](C)NCC[C@H]2CCCO2)C1. The molecule has 1 amide bonds. The van der Waals surface area contributed by atoms with Crippen molar-refractivity contribution in [3.63, 3.8) is 0 Å². The number of ether oxygens (including phenoxy) is 2. The van der Waals surface area contributed by atoms with E-state index < -0.39 is 0 Å². The van der Waals surface area contributed by atoms with Crippen LogP contribution in [0.5, 0.6) is 0 Å². The van der Waals surface area contributed by atoms with Gasteiger partial charge in [0.05, 0.1) is 13.2 Å². The number of hydrogen-bond acceptors (Lipinski definition) is 4. The van der Waals surface area contributed by atoms with E-state index in [9.17, 15) is 4.79 Å². The lowest BCUT2D eigenvalue weighted by Gasteiger charge is -2.35. The molecular weight excluding hydrogens is 256 g/mol. The van der Waals surface area contributed by atoms with Gasteiger partial charge in [-0.05, 0) is 51.5 Å². The van der Waals surface area contributed by atoms with E-state index in [-0.39, 0.29) is 6.09 Å². The maximum atomic E-state index is 11.6. The Morgan fingerprint density at radius 2 is 2.30 bits per heavy atom. The molecule has 2 aliphatic heterocycles. The lowest BCUT2D eigenvalue weighted by molar-refractivity contribution is 0.0918. The second-order valence-corrected chi connectivity index (χ2v) is 5.98. The number of methoxy groups -OCH3 is 1. The van der Waals surface area contributed by atoms with Crippen LogP contribution in [0.15, 0.2) is 0 Å². The fourth-order valence-electron chi connectivity index (χ4n) is 3.22. The Hall–Kier alpha value is -0.810. The number of nitrogens with zero attached hydrogens (tertiary/aromatic N) is 1. The Morgan fingerprint density at radius 3 is 3.00 bits per heavy atom. The first-order chi connectivity index (χ1) is 9.70. The number of rotatable bonds is 5. The van der Waals surface area contributed by atoms with Crippen LogP contribution in [0.1, 0.15) is 39.0 Å². The van der Waals surface area contributed by atoms with E-state index in [2.05, 4.69) is 12.2 Å². The van der Waals surface area contributed by atoms with Crippen LogP contribution in [0.4, 0.5) is 4.79 Å². The molecule has 0 aliphatic carbocycles. The Balaban J connectivity index is 1.68. The van der Waals surface area contributed by atoms with Gasteiger partial charge in [0, 0.05) is 25.7 Å². The zero-order valence-corrected chi connectivity index (χ0v) is 12.8. The molecule has 20 heavy (non-hydrogen) atoms. The summed E-state index contributed by atoms with van der Waals surface area (Å²) >= 11 is 0. The smallest absolute Gasteiger partial charge is 0.409 e. The van der Waals surface area contributed by atoms with E-state index in [0.717, 1.165) is 39.1 Å². The molecule has 0 aromatic rings. The molecule has 2 saturated heterocycles. The highest BCUT2D eigenvalue weighted by Gasteiger charge is 2.27. The van der Waals surface area contributed by atoms with Crippen molar-refractivity contribution in [3.8, 4) is 0 Å². The highest BCUT2D eigenvalue weighted by molar-refractivity contribution is 5.67. The van der Waals surface area contributed by atoms with E-state index in [1.807, 2.05) is 4.90 Å². The molecule has 1 N–H and O–H groups in total. The Labute approximate surface area is 122 Å². The average Bonchev–Trinajstić information content (AvgIpc) is 2.99. The number of likely N-dealkylation sites (tertiary alicyclic amines) is 1. The van der Waals surface area contributed by atoms with Crippen molar-refractivity contribution in [2.24, 2.45) is 5.92 Å². The van der Waals surface area contributed by atoms with Crippen molar-refractivity contribution in [2.75, 3.05) is 33.4 Å². The summed E-state index contributed by atoms with van der Waals surface area (Å²) in [5.41, 5.74) is 0. The first-order valence-electron chi connectivity index (χ1n) is 7.88. The summed E-state index contributed by atoms with van der Waals surface area (Å²) in [6.07, 6.45) is 6.01. The normalized spacial score (nSPS) is 28.4. The number of nitrogens with one attached hydrogen (secondary N) is 1. The van der Waals surface area contributed by atoms with Gasteiger partial charge < -0.3 is 19.7 Å². The van der Waals surface area contributed by atoms with E-state index in [4.69, 9.17) is 9.47 Å². The number of carbonyl (C=O) groups excluding carboxylic acids is 1. The first-order valence-corrected chi connectivity index (χ1v) is 7.88. The van der Waals surface area contributed by atoms with Crippen molar-refractivity contribution >= 4 is 6.09 Å². The van der Waals surface area contributed by atoms with E-state index >= 15 is 0 Å². The highest BCUT2D eigenvalue weighted by atomic mass is 16.5. The third-order valence-electron chi connectivity index (χ3n) is 4.55. The van der Waals surface area contributed by atoms with Crippen LogP contribution in [0.25, 0.3) is 0 Å². The van der Waals surface area contributed by atoms with Gasteiger partial charge in [0.25, 0.3) is 0 Å². The van der Waals surface area contributed by atoms with Crippen molar-refractivity contribution < 1.29 is 14.3 Å².